The van der Waals surface area contributed by atoms with Crippen molar-refractivity contribution >= 4 is 12.2 Å². The number of amides is 2. The summed E-state index contributed by atoms with van der Waals surface area (Å²) in [7, 11) is 0. The number of halogens is 3. The summed E-state index contributed by atoms with van der Waals surface area (Å²) in [4.78, 5) is 31.2. The number of alkyl halides is 3. The molecule has 0 radical (unpaired) electrons. The van der Waals surface area contributed by atoms with Crippen molar-refractivity contribution in [2.24, 2.45) is 0 Å². The maximum absolute atomic E-state index is 12.6. The Hall–Kier alpha value is -3.50. The molecule has 0 spiro atoms. The van der Waals surface area contributed by atoms with Crippen LogP contribution in [0.2, 0.25) is 0 Å². The minimum atomic E-state index is -4.47. The first-order valence-corrected chi connectivity index (χ1v) is 10.2. The largest absolute Gasteiger partial charge is 0.444 e. The zero-order chi connectivity index (χ0) is 24.2. The highest BCUT2D eigenvalue weighted by atomic mass is 19.4. The molecule has 178 valence electrons. The van der Waals surface area contributed by atoms with E-state index in [1.165, 1.54) is 34.1 Å². The molecule has 1 aliphatic heterocycles. The van der Waals surface area contributed by atoms with Crippen LogP contribution in [-0.2, 0) is 10.9 Å². The van der Waals surface area contributed by atoms with Crippen LogP contribution < -0.4 is 9.47 Å². The van der Waals surface area contributed by atoms with E-state index in [4.69, 9.17) is 14.2 Å². The van der Waals surface area contributed by atoms with Gasteiger partial charge in [-0.2, -0.15) is 13.2 Å². The van der Waals surface area contributed by atoms with E-state index in [0.29, 0.717) is 38.1 Å². The number of benzene rings is 1. The van der Waals surface area contributed by atoms with Crippen LogP contribution in [0.15, 0.2) is 42.6 Å². The summed E-state index contributed by atoms with van der Waals surface area (Å²) in [5.74, 6) is 0.575. The fourth-order valence-corrected chi connectivity index (χ4v) is 2.87. The molecule has 0 bridgehead atoms. The van der Waals surface area contributed by atoms with Crippen molar-refractivity contribution in [3.05, 3.63) is 48.2 Å². The van der Waals surface area contributed by atoms with Crippen LogP contribution in [-0.4, -0.2) is 58.8 Å². The summed E-state index contributed by atoms with van der Waals surface area (Å²) in [6.45, 7) is 6.63. The highest BCUT2D eigenvalue weighted by Crippen LogP contribution is 2.30. The molecule has 0 saturated carbocycles. The number of hydrogen-bond acceptors (Lipinski definition) is 6. The average Bonchev–Trinajstić information content (AvgIpc) is 2.74. The van der Waals surface area contributed by atoms with Crippen LogP contribution in [0.4, 0.5) is 22.8 Å². The SMILES string of the molecule is CC(C)(C)OC(=O)N1CCN(C(=O)Oc2ccc(Oc3ccc(C(F)(F)F)cn3)cc2)CC1. The molecule has 1 aromatic heterocycles. The van der Waals surface area contributed by atoms with Gasteiger partial charge in [0.05, 0.1) is 5.56 Å². The number of piperazine rings is 1. The second-order valence-electron chi connectivity index (χ2n) is 8.28. The molecular weight excluding hydrogens is 443 g/mol. The van der Waals surface area contributed by atoms with E-state index in [2.05, 4.69) is 4.98 Å². The van der Waals surface area contributed by atoms with Crippen molar-refractivity contribution in [1.82, 2.24) is 14.8 Å². The number of pyridine rings is 1. The van der Waals surface area contributed by atoms with Gasteiger partial charge in [-0.1, -0.05) is 0 Å². The normalized spacial score (nSPS) is 14.6. The third-order valence-electron chi connectivity index (χ3n) is 4.50. The fraction of sp³-hybridized carbons (Fsp3) is 0.409. The molecular formula is C22H24F3N3O5. The van der Waals surface area contributed by atoms with Crippen molar-refractivity contribution in [2.45, 2.75) is 32.5 Å². The zero-order valence-electron chi connectivity index (χ0n) is 18.4. The molecule has 2 aromatic rings. The summed E-state index contributed by atoms with van der Waals surface area (Å²) < 4.78 is 53.9. The number of aromatic nitrogens is 1. The van der Waals surface area contributed by atoms with E-state index in [1.54, 1.807) is 20.8 Å². The summed E-state index contributed by atoms with van der Waals surface area (Å²) in [5.41, 5.74) is -1.46. The smallest absolute Gasteiger partial charge is 0.417 e. The van der Waals surface area contributed by atoms with Gasteiger partial charge in [0.25, 0.3) is 0 Å². The van der Waals surface area contributed by atoms with Crippen LogP contribution in [0.1, 0.15) is 26.3 Å². The number of ether oxygens (including phenoxy) is 3. The van der Waals surface area contributed by atoms with Gasteiger partial charge in [0.15, 0.2) is 0 Å². The van der Waals surface area contributed by atoms with E-state index in [-0.39, 0.29) is 11.6 Å². The summed E-state index contributed by atoms with van der Waals surface area (Å²) in [6.07, 6.45) is -4.77. The van der Waals surface area contributed by atoms with Crippen LogP contribution >= 0.6 is 0 Å². The molecule has 0 N–H and O–H groups in total. The Morgan fingerprint density at radius 3 is 1.88 bits per heavy atom. The van der Waals surface area contributed by atoms with Crippen LogP contribution in [0.25, 0.3) is 0 Å². The monoisotopic (exact) mass is 467 g/mol. The molecule has 0 atom stereocenters. The maximum Gasteiger partial charge on any atom is 0.417 e. The standard InChI is InChI=1S/C22H24F3N3O5/c1-21(2,3)33-20(30)28-12-10-27(11-13-28)19(29)32-17-7-5-16(6-8-17)31-18-9-4-15(14-26-18)22(23,24)25/h4-9,14H,10-13H2,1-3H3. The number of carbonyl (C=O) groups is 2. The van der Waals surface area contributed by atoms with Gasteiger partial charge in [-0.25, -0.2) is 14.6 Å². The van der Waals surface area contributed by atoms with E-state index < -0.39 is 29.5 Å². The van der Waals surface area contributed by atoms with Crippen LogP contribution in [0.3, 0.4) is 0 Å². The summed E-state index contributed by atoms with van der Waals surface area (Å²) >= 11 is 0. The molecule has 2 amide bonds. The van der Waals surface area contributed by atoms with Gasteiger partial charge in [0.1, 0.15) is 17.1 Å². The molecule has 1 saturated heterocycles. The lowest BCUT2D eigenvalue weighted by Crippen LogP contribution is -2.52. The van der Waals surface area contributed by atoms with E-state index in [0.717, 1.165) is 12.1 Å². The molecule has 33 heavy (non-hydrogen) atoms. The van der Waals surface area contributed by atoms with E-state index in [1.807, 2.05) is 0 Å². The Bertz CT molecular complexity index is 965. The number of nitrogens with zero attached hydrogens (tertiary/aromatic N) is 3. The first-order chi connectivity index (χ1) is 15.4. The van der Waals surface area contributed by atoms with Crippen molar-refractivity contribution in [3.8, 4) is 17.4 Å². The highest BCUT2D eigenvalue weighted by molar-refractivity contribution is 5.72. The van der Waals surface area contributed by atoms with Crippen LogP contribution in [0.5, 0.6) is 17.4 Å². The Balaban J connectivity index is 1.49. The number of carbonyl (C=O) groups excluding carboxylic acids is 2. The number of rotatable bonds is 3. The third-order valence-corrected chi connectivity index (χ3v) is 4.50. The highest BCUT2D eigenvalue weighted by Gasteiger charge is 2.31. The molecule has 3 rings (SSSR count). The second-order valence-corrected chi connectivity index (χ2v) is 8.28. The average molecular weight is 467 g/mol. The topological polar surface area (TPSA) is 81.2 Å². The molecule has 1 aliphatic rings. The number of hydrogen-bond donors (Lipinski definition) is 0. The second kappa shape index (κ2) is 9.55. The minimum absolute atomic E-state index is 0.00407. The first-order valence-electron chi connectivity index (χ1n) is 10.2. The Morgan fingerprint density at radius 2 is 1.39 bits per heavy atom. The lowest BCUT2D eigenvalue weighted by molar-refractivity contribution is -0.137. The summed E-state index contributed by atoms with van der Waals surface area (Å²) in [5, 5.41) is 0. The van der Waals surface area contributed by atoms with Crippen molar-refractivity contribution < 1.29 is 37.0 Å². The lowest BCUT2D eigenvalue weighted by Gasteiger charge is -2.34. The minimum Gasteiger partial charge on any atom is -0.444 e. The first kappa shape index (κ1) is 24.1. The van der Waals surface area contributed by atoms with Crippen molar-refractivity contribution in [3.63, 3.8) is 0 Å². The molecule has 11 heteroatoms. The lowest BCUT2D eigenvalue weighted by atomic mass is 10.2. The van der Waals surface area contributed by atoms with Crippen molar-refractivity contribution in [1.29, 1.82) is 0 Å². The maximum atomic E-state index is 12.6. The molecule has 8 nitrogen and oxygen atoms in total. The molecule has 2 heterocycles. The molecule has 1 aromatic carbocycles. The Labute approximate surface area is 188 Å². The predicted octanol–water partition coefficient (Wildman–Crippen LogP) is 4.94. The molecule has 1 fully saturated rings. The molecule has 0 unspecified atom stereocenters. The van der Waals surface area contributed by atoms with Gasteiger partial charge in [-0.05, 0) is 51.1 Å². The summed E-state index contributed by atoms with van der Waals surface area (Å²) in [6, 6.07) is 7.99. The van der Waals surface area contributed by atoms with Crippen molar-refractivity contribution in [2.75, 3.05) is 26.2 Å². The van der Waals surface area contributed by atoms with Gasteiger partial charge in [-0.15, -0.1) is 0 Å². The fourth-order valence-electron chi connectivity index (χ4n) is 2.87. The van der Waals surface area contributed by atoms with E-state index in [9.17, 15) is 22.8 Å². The quantitative estimate of drug-likeness (QED) is 0.636. The van der Waals surface area contributed by atoms with Gasteiger partial charge in [0.2, 0.25) is 5.88 Å². The Kier molecular flexibility index (Phi) is 6.99. The predicted molar refractivity (Wildman–Crippen MR) is 111 cm³/mol. The van der Waals surface area contributed by atoms with E-state index >= 15 is 0 Å². The van der Waals surface area contributed by atoms with Gasteiger partial charge in [-0.3, -0.25) is 0 Å². The van der Waals surface area contributed by atoms with Gasteiger partial charge >= 0.3 is 18.4 Å². The third kappa shape index (κ3) is 6.99. The molecule has 0 aliphatic carbocycles. The van der Waals surface area contributed by atoms with Gasteiger partial charge in [0, 0.05) is 38.4 Å². The van der Waals surface area contributed by atoms with Crippen LogP contribution in [0, 0.1) is 0 Å². The zero-order valence-corrected chi connectivity index (χ0v) is 18.4. The Morgan fingerprint density at radius 1 is 0.848 bits per heavy atom. The van der Waals surface area contributed by atoms with Gasteiger partial charge < -0.3 is 24.0 Å².